The zero-order valence-corrected chi connectivity index (χ0v) is 18.6. The Morgan fingerprint density at radius 1 is 1.13 bits per heavy atom. The quantitative estimate of drug-likeness (QED) is 0.700. The molecule has 30 heavy (non-hydrogen) atoms. The SMILES string of the molecule is COc1ccc(Cl)cc1NC(=O)[C@@H](C)N1CCN(S(=O)(=O)Cc2ccccc2)CC1. The molecule has 1 heterocycles. The molecule has 1 saturated heterocycles. The number of ether oxygens (including phenoxy) is 1. The van der Waals surface area contributed by atoms with Gasteiger partial charge in [-0.25, -0.2) is 8.42 Å². The Morgan fingerprint density at radius 3 is 2.43 bits per heavy atom. The molecule has 1 fully saturated rings. The average molecular weight is 452 g/mol. The predicted molar refractivity (Wildman–Crippen MR) is 118 cm³/mol. The Kier molecular flexibility index (Phi) is 7.36. The molecule has 0 aromatic heterocycles. The van der Waals surface area contributed by atoms with Crippen molar-refractivity contribution in [2.45, 2.75) is 18.7 Å². The number of anilines is 1. The number of amides is 1. The van der Waals surface area contributed by atoms with Gasteiger partial charge >= 0.3 is 0 Å². The van der Waals surface area contributed by atoms with Crippen LogP contribution in [0.15, 0.2) is 48.5 Å². The second kappa shape index (κ2) is 9.78. The largest absolute Gasteiger partial charge is 0.495 e. The van der Waals surface area contributed by atoms with Gasteiger partial charge in [0, 0.05) is 31.2 Å². The van der Waals surface area contributed by atoms with E-state index in [-0.39, 0.29) is 11.7 Å². The van der Waals surface area contributed by atoms with Gasteiger partial charge in [-0.05, 0) is 30.7 Å². The van der Waals surface area contributed by atoms with Crippen LogP contribution in [-0.2, 0) is 20.6 Å². The fourth-order valence-electron chi connectivity index (χ4n) is 3.43. The predicted octanol–water partition coefficient (Wildman–Crippen LogP) is 2.82. The standard InChI is InChI=1S/C21H26ClN3O4S/c1-16(21(26)23-19-14-18(22)8-9-20(19)29-2)24-10-12-25(13-11-24)30(27,28)15-17-6-4-3-5-7-17/h3-9,14,16H,10-13,15H2,1-2H3,(H,23,26)/t16-/m1/s1. The number of methoxy groups -OCH3 is 1. The van der Waals surface area contributed by atoms with Crippen LogP contribution in [0.1, 0.15) is 12.5 Å². The van der Waals surface area contributed by atoms with Crippen molar-refractivity contribution < 1.29 is 17.9 Å². The maximum absolute atomic E-state index is 12.7. The fraction of sp³-hybridized carbons (Fsp3) is 0.381. The Hall–Kier alpha value is -2.13. The number of benzene rings is 2. The van der Waals surface area contributed by atoms with E-state index >= 15 is 0 Å². The van der Waals surface area contributed by atoms with Gasteiger partial charge in [-0.1, -0.05) is 41.9 Å². The van der Waals surface area contributed by atoms with Gasteiger partial charge < -0.3 is 10.1 Å². The van der Waals surface area contributed by atoms with Crippen LogP contribution in [0.3, 0.4) is 0 Å². The van der Waals surface area contributed by atoms with E-state index in [0.29, 0.717) is 42.6 Å². The Bertz CT molecular complexity index is 977. The lowest BCUT2D eigenvalue weighted by molar-refractivity contribution is -0.121. The Labute approximate surface area is 182 Å². The van der Waals surface area contributed by atoms with Crippen LogP contribution in [0, 0.1) is 0 Å². The van der Waals surface area contributed by atoms with Crippen LogP contribution in [0.2, 0.25) is 5.02 Å². The molecule has 1 aliphatic heterocycles. The molecule has 3 rings (SSSR count). The number of nitrogens with one attached hydrogen (secondary N) is 1. The number of rotatable bonds is 7. The summed E-state index contributed by atoms with van der Waals surface area (Å²) in [5.41, 5.74) is 1.27. The van der Waals surface area contributed by atoms with E-state index in [9.17, 15) is 13.2 Å². The summed E-state index contributed by atoms with van der Waals surface area (Å²) in [5, 5.41) is 3.35. The lowest BCUT2D eigenvalue weighted by atomic mass is 10.2. The van der Waals surface area contributed by atoms with E-state index in [1.807, 2.05) is 35.2 Å². The summed E-state index contributed by atoms with van der Waals surface area (Å²) >= 11 is 6.02. The number of carbonyl (C=O) groups is 1. The average Bonchev–Trinajstić information content (AvgIpc) is 2.74. The first-order chi connectivity index (χ1) is 14.3. The van der Waals surface area contributed by atoms with E-state index in [1.54, 1.807) is 25.1 Å². The minimum atomic E-state index is -3.39. The monoisotopic (exact) mass is 451 g/mol. The lowest BCUT2D eigenvalue weighted by Gasteiger charge is -2.36. The van der Waals surface area contributed by atoms with Crippen molar-refractivity contribution in [3.8, 4) is 5.75 Å². The van der Waals surface area contributed by atoms with Crippen LogP contribution in [-0.4, -0.2) is 62.9 Å². The van der Waals surface area contributed by atoms with Crippen molar-refractivity contribution in [1.29, 1.82) is 0 Å². The van der Waals surface area contributed by atoms with Crippen LogP contribution in [0.25, 0.3) is 0 Å². The third kappa shape index (κ3) is 5.51. The van der Waals surface area contributed by atoms with Crippen molar-refractivity contribution in [2.24, 2.45) is 0 Å². The maximum Gasteiger partial charge on any atom is 0.241 e. The molecule has 0 spiro atoms. The molecule has 1 atom stereocenters. The highest BCUT2D eigenvalue weighted by Crippen LogP contribution is 2.28. The molecule has 0 unspecified atom stereocenters. The Morgan fingerprint density at radius 2 is 1.80 bits per heavy atom. The van der Waals surface area contributed by atoms with E-state index in [4.69, 9.17) is 16.3 Å². The molecular formula is C21H26ClN3O4S. The molecular weight excluding hydrogens is 426 g/mol. The number of hydrogen-bond donors (Lipinski definition) is 1. The summed E-state index contributed by atoms with van der Waals surface area (Å²) in [6, 6.07) is 13.7. The van der Waals surface area contributed by atoms with Crippen molar-refractivity contribution >= 4 is 33.2 Å². The summed E-state index contributed by atoms with van der Waals surface area (Å²) in [5.74, 6) is 0.311. The molecule has 0 aliphatic carbocycles. The number of hydrogen-bond acceptors (Lipinski definition) is 5. The first-order valence-electron chi connectivity index (χ1n) is 9.70. The molecule has 0 radical (unpaired) electrons. The van der Waals surface area contributed by atoms with Crippen LogP contribution in [0.4, 0.5) is 5.69 Å². The number of carbonyl (C=O) groups excluding carboxylic acids is 1. The number of piperazine rings is 1. The maximum atomic E-state index is 12.7. The van der Waals surface area contributed by atoms with E-state index in [0.717, 1.165) is 5.56 Å². The molecule has 0 bridgehead atoms. The third-order valence-electron chi connectivity index (χ3n) is 5.21. The van der Waals surface area contributed by atoms with E-state index in [2.05, 4.69) is 5.32 Å². The summed E-state index contributed by atoms with van der Waals surface area (Å²) in [6.07, 6.45) is 0. The minimum Gasteiger partial charge on any atom is -0.495 e. The molecule has 7 nitrogen and oxygen atoms in total. The normalized spacial score (nSPS) is 16.8. The van der Waals surface area contributed by atoms with Gasteiger partial charge in [0.2, 0.25) is 15.9 Å². The van der Waals surface area contributed by atoms with E-state index < -0.39 is 16.1 Å². The van der Waals surface area contributed by atoms with Gasteiger partial charge in [-0.2, -0.15) is 4.31 Å². The highest BCUT2D eigenvalue weighted by atomic mass is 35.5. The van der Waals surface area contributed by atoms with Gasteiger partial charge in [-0.15, -0.1) is 0 Å². The van der Waals surface area contributed by atoms with Crippen molar-refractivity contribution in [1.82, 2.24) is 9.21 Å². The number of sulfonamides is 1. The van der Waals surface area contributed by atoms with Crippen LogP contribution in [0.5, 0.6) is 5.75 Å². The number of nitrogens with zero attached hydrogens (tertiary/aromatic N) is 2. The van der Waals surface area contributed by atoms with Crippen LogP contribution >= 0.6 is 11.6 Å². The number of halogens is 1. The molecule has 2 aromatic rings. The molecule has 1 amide bonds. The fourth-order valence-corrected chi connectivity index (χ4v) is 5.11. The second-order valence-corrected chi connectivity index (χ2v) is 9.59. The zero-order chi connectivity index (χ0) is 21.7. The molecule has 2 aromatic carbocycles. The van der Waals surface area contributed by atoms with Gasteiger partial charge in [0.1, 0.15) is 5.75 Å². The van der Waals surface area contributed by atoms with Gasteiger partial charge in [0.15, 0.2) is 0 Å². The summed E-state index contributed by atoms with van der Waals surface area (Å²) in [6.45, 7) is 3.48. The van der Waals surface area contributed by atoms with Crippen molar-refractivity contribution in [3.05, 3.63) is 59.1 Å². The van der Waals surface area contributed by atoms with Gasteiger partial charge in [-0.3, -0.25) is 9.69 Å². The van der Waals surface area contributed by atoms with Gasteiger partial charge in [0.25, 0.3) is 0 Å². The summed E-state index contributed by atoms with van der Waals surface area (Å²) in [7, 11) is -1.87. The lowest BCUT2D eigenvalue weighted by Crippen LogP contribution is -2.54. The van der Waals surface area contributed by atoms with Gasteiger partial charge in [0.05, 0.1) is 24.6 Å². The minimum absolute atomic E-state index is 0.0154. The Balaban J connectivity index is 1.58. The topological polar surface area (TPSA) is 79.0 Å². The summed E-state index contributed by atoms with van der Waals surface area (Å²) < 4.78 is 32.2. The van der Waals surface area contributed by atoms with Crippen LogP contribution < -0.4 is 10.1 Å². The zero-order valence-electron chi connectivity index (χ0n) is 17.0. The molecule has 9 heteroatoms. The van der Waals surface area contributed by atoms with Crippen molar-refractivity contribution in [3.63, 3.8) is 0 Å². The molecule has 1 aliphatic rings. The third-order valence-corrected chi connectivity index (χ3v) is 7.29. The molecule has 0 saturated carbocycles. The smallest absolute Gasteiger partial charge is 0.241 e. The first kappa shape index (κ1) is 22.6. The highest BCUT2D eigenvalue weighted by Gasteiger charge is 2.31. The van der Waals surface area contributed by atoms with Crippen molar-refractivity contribution in [2.75, 3.05) is 38.6 Å². The summed E-state index contributed by atoms with van der Waals surface area (Å²) in [4.78, 5) is 14.7. The molecule has 1 N–H and O–H groups in total. The first-order valence-corrected chi connectivity index (χ1v) is 11.7. The van der Waals surface area contributed by atoms with E-state index in [1.165, 1.54) is 11.4 Å². The highest BCUT2D eigenvalue weighted by molar-refractivity contribution is 7.88. The second-order valence-electron chi connectivity index (χ2n) is 7.19. The molecule has 162 valence electrons.